The van der Waals surface area contributed by atoms with Gasteiger partial charge in [-0.25, -0.2) is 0 Å². The van der Waals surface area contributed by atoms with Crippen LogP contribution in [0.25, 0.3) is 0 Å². The van der Waals surface area contributed by atoms with E-state index in [-0.39, 0.29) is 0 Å². The van der Waals surface area contributed by atoms with Crippen LogP contribution in [0.3, 0.4) is 0 Å². The van der Waals surface area contributed by atoms with Crippen molar-refractivity contribution in [2.75, 3.05) is 13.3 Å². The zero-order valence-corrected chi connectivity index (χ0v) is 9.40. The van der Waals surface area contributed by atoms with Gasteiger partial charge in [0.1, 0.15) is 7.29 Å². The summed E-state index contributed by atoms with van der Waals surface area (Å²) in [6.45, 7) is 4.05. The molecule has 0 aliphatic rings. The van der Waals surface area contributed by atoms with E-state index in [0.29, 0.717) is 6.54 Å². The summed E-state index contributed by atoms with van der Waals surface area (Å²) in [6, 6.07) is 7.50. The van der Waals surface area contributed by atoms with E-state index in [9.17, 15) is 4.57 Å². The fourth-order valence-corrected chi connectivity index (χ4v) is 1.57. The third kappa shape index (κ3) is 4.47. The first-order chi connectivity index (χ1) is 5.97. The number of rotatable bonds is 3. The predicted octanol–water partition coefficient (Wildman–Crippen LogP) is 2.97. The van der Waals surface area contributed by atoms with Crippen molar-refractivity contribution in [2.24, 2.45) is 0 Å². The first-order valence-corrected chi connectivity index (χ1v) is 7.00. The number of hydrogen-bond donors (Lipinski definition) is 1. The Hall–Kier alpha value is -0.300. The molecule has 0 atom stereocenters. The molecule has 1 N–H and O–H groups in total. The molecule has 1 aromatic rings. The second-order valence-electron chi connectivity index (χ2n) is 3.31. The molecule has 1 aromatic carbocycles. The summed E-state index contributed by atoms with van der Waals surface area (Å²) in [5.74, 6) is 0. The highest BCUT2D eigenvalue weighted by molar-refractivity contribution is 7.60. The van der Waals surface area contributed by atoms with Crippen LogP contribution in [0.5, 0.6) is 0 Å². The van der Waals surface area contributed by atoms with Gasteiger partial charge < -0.3 is 4.57 Å². The standard InChI is InChI=1S/C9H13ClNOP/c1-13(2,12)11-7-8-3-5-9(10)6-4-8/h3-6H,7H2,1-2H3,(H,11,12). The van der Waals surface area contributed by atoms with Crippen molar-refractivity contribution >= 4 is 18.9 Å². The van der Waals surface area contributed by atoms with Gasteiger partial charge in [-0.2, -0.15) is 0 Å². The van der Waals surface area contributed by atoms with Gasteiger partial charge in [-0.3, -0.25) is 5.09 Å². The SMILES string of the molecule is CP(C)(=O)NCc1ccc(Cl)cc1. The molecule has 0 radical (unpaired) electrons. The Bertz CT molecular complexity index is 317. The summed E-state index contributed by atoms with van der Waals surface area (Å²) in [4.78, 5) is 0. The highest BCUT2D eigenvalue weighted by Gasteiger charge is 2.04. The first kappa shape index (κ1) is 10.8. The average Bonchev–Trinajstić information content (AvgIpc) is 2.02. The Morgan fingerprint density at radius 1 is 1.31 bits per heavy atom. The van der Waals surface area contributed by atoms with Crippen LogP contribution in [-0.4, -0.2) is 13.3 Å². The maximum Gasteiger partial charge on any atom is 0.142 e. The highest BCUT2D eigenvalue weighted by Crippen LogP contribution is 2.30. The second kappa shape index (κ2) is 4.28. The molecule has 0 fully saturated rings. The van der Waals surface area contributed by atoms with Crippen molar-refractivity contribution < 1.29 is 4.57 Å². The van der Waals surface area contributed by atoms with Gasteiger partial charge in [0, 0.05) is 24.9 Å². The number of halogens is 1. The summed E-state index contributed by atoms with van der Waals surface area (Å²) in [6.07, 6.45) is 0. The lowest BCUT2D eigenvalue weighted by molar-refractivity contribution is 0.572. The van der Waals surface area contributed by atoms with E-state index in [0.717, 1.165) is 10.6 Å². The molecule has 0 unspecified atom stereocenters. The third-order valence-corrected chi connectivity index (χ3v) is 2.75. The van der Waals surface area contributed by atoms with Gasteiger partial charge in [0.05, 0.1) is 0 Å². The van der Waals surface area contributed by atoms with Crippen molar-refractivity contribution in [1.29, 1.82) is 0 Å². The molecular weight excluding hydrogens is 205 g/mol. The summed E-state index contributed by atoms with van der Waals surface area (Å²) in [5.41, 5.74) is 1.09. The molecular formula is C9H13ClNOP. The molecule has 4 heteroatoms. The normalized spacial score (nSPS) is 11.6. The van der Waals surface area contributed by atoms with E-state index in [4.69, 9.17) is 11.6 Å². The number of nitrogens with one attached hydrogen (secondary N) is 1. The fourth-order valence-electron chi connectivity index (χ4n) is 0.884. The highest BCUT2D eigenvalue weighted by atomic mass is 35.5. The molecule has 72 valence electrons. The molecule has 13 heavy (non-hydrogen) atoms. The number of benzene rings is 1. The van der Waals surface area contributed by atoms with E-state index in [1.165, 1.54) is 0 Å². The van der Waals surface area contributed by atoms with Crippen molar-refractivity contribution in [3.63, 3.8) is 0 Å². The van der Waals surface area contributed by atoms with Crippen LogP contribution in [0.4, 0.5) is 0 Å². The molecule has 2 nitrogen and oxygen atoms in total. The maximum absolute atomic E-state index is 11.3. The molecule has 0 saturated carbocycles. The Morgan fingerprint density at radius 3 is 2.31 bits per heavy atom. The average molecular weight is 218 g/mol. The van der Waals surface area contributed by atoms with Gasteiger partial charge in [-0.05, 0) is 17.7 Å². The van der Waals surface area contributed by atoms with Gasteiger partial charge in [0.25, 0.3) is 0 Å². The van der Waals surface area contributed by atoms with Crippen LogP contribution in [0.15, 0.2) is 24.3 Å². The van der Waals surface area contributed by atoms with Crippen LogP contribution in [0.1, 0.15) is 5.56 Å². The Kier molecular flexibility index (Phi) is 3.55. The zero-order chi connectivity index (χ0) is 9.90. The maximum atomic E-state index is 11.3. The smallest absolute Gasteiger partial charge is 0.142 e. The molecule has 0 aromatic heterocycles. The molecule has 0 spiro atoms. The van der Waals surface area contributed by atoms with Crippen LogP contribution < -0.4 is 5.09 Å². The molecule has 1 rings (SSSR count). The van der Waals surface area contributed by atoms with E-state index in [1.54, 1.807) is 13.3 Å². The van der Waals surface area contributed by atoms with Crippen molar-refractivity contribution in [2.45, 2.75) is 6.54 Å². The fraction of sp³-hybridized carbons (Fsp3) is 0.333. The first-order valence-electron chi connectivity index (χ1n) is 4.02. The Morgan fingerprint density at radius 2 is 1.85 bits per heavy atom. The van der Waals surface area contributed by atoms with Crippen LogP contribution in [0.2, 0.25) is 5.02 Å². The Labute approximate surface area is 83.7 Å². The van der Waals surface area contributed by atoms with Crippen molar-refractivity contribution in [3.8, 4) is 0 Å². The van der Waals surface area contributed by atoms with Gasteiger partial charge in [0.2, 0.25) is 0 Å². The molecule has 0 bridgehead atoms. The largest absolute Gasteiger partial charge is 0.307 e. The minimum Gasteiger partial charge on any atom is -0.307 e. The van der Waals surface area contributed by atoms with Gasteiger partial charge in [-0.1, -0.05) is 23.7 Å². The van der Waals surface area contributed by atoms with Gasteiger partial charge >= 0.3 is 0 Å². The molecule has 0 saturated heterocycles. The van der Waals surface area contributed by atoms with E-state index in [2.05, 4.69) is 5.09 Å². The molecule has 0 amide bonds. The summed E-state index contributed by atoms with van der Waals surface area (Å²) >= 11 is 5.73. The number of hydrogen-bond acceptors (Lipinski definition) is 1. The second-order valence-corrected chi connectivity index (χ2v) is 6.77. The summed E-state index contributed by atoms with van der Waals surface area (Å²) < 4.78 is 11.3. The third-order valence-electron chi connectivity index (χ3n) is 1.58. The van der Waals surface area contributed by atoms with Crippen LogP contribution in [0, 0.1) is 0 Å². The molecule has 0 aliphatic carbocycles. The topological polar surface area (TPSA) is 29.1 Å². The minimum atomic E-state index is -2.13. The van der Waals surface area contributed by atoms with Crippen molar-refractivity contribution in [1.82, 2.24) is 5.09 Å². The minimum absolute atomic E-state index is 0.626. The van der Waals surface area contributed by atoms with E-state index < -0.39 is 7.29 Å². The predicted molar refractivity (Wildman–Crippen MR) is 57.7 cm³/mol. The van der Waals surface area contributed by atoms with Crippen molar-refractivity contribution in [3.05, 3.63) is 34.9 Å². The van der Waals surface area contributed by atoms with Crippen LogP contribution >= 0.6 is 18.9 Å². The lowest BCUT2D eigenvalue weighted by atomic mass is 10.2. The van der Waals surface area contributed by atoms with Gasteiger partial charge in [-0.15, -0.1) is 0 Å². The Balaban J connectivity index is 2.56. The lowest BCUT2D eigenvalue weighted by Gasteiger charge is -2.08. The molecule has 0 heterocycles. The van der Waals surface area contributed by atoms with E-state index in [1.807, 2.05) is 24.3 Å². The van der Waals surface area contributed by atoms with Crippen LogP contribution in [-0.2, 0) is 11.1 Å². The quantitative estimate of drug-likeness (QED) is 0.789. The molecule has 0 aliphatic heterocycles. The summed E-state index contributed by atoms with van der Waals surface area (Å²) in [7, 11) is -2.13. The lowest BCUT2D eigenvalue weighted by Crippen LogP contribution is -2.07. The zero-order valence-electron chi connectivity index (χ0n) is 7.75. The van der Waals surface area contributed by atoms with E-state index >= 15 is 0 Å². The summed E-state index contributed by atoms with van der Waals surface area (Å²) in [5, 5.41) is 3.69. The van der Waals surface area contributed by atoms with Gasteiger partial charge in [0.15, 0.2) is 0 Å². The monoisotopic (exact) mass is 217 g/mol.